The molecule has 0 spiro atoms. The molecule has 0 unspecified atom stereocenters. The van der Waals surface area contributed by atoms with Gasteiger partial charge in [-0.05, 0) is 20.6 Å². The van der Waals surface area contributed by atoms with Gasteiger partial charge in [0, 0.05) is 26.2 Å². The van der Waals surface area contributed by atoms with Crippen LogP contribution in [-0.2, 0) is 0 Å². The van der Waals surface area contributed by atoms with Gasteiger partial charge in [-0.1, -0.05) is 6.92 Å². The van der Waals surface area contributed by atoms with Crippen LogP contribution in [0.1, 0.15) is 6.92 Å². The van der Waals surface area contributed by atoms with Crippen LogP contribution in [0.3, 0.4) is 0 Å². The van der Waals surface area contributed by atoms with Crippen molar-refractivity contribution in [1.29, 1.82) is 0 Å². The van der Waals surface area contributed by atoms with E-state index in [0.717, 1.165) is 13.1 Å². The Morgan fingerprint density at radius 3 is 2.06 bits per heavy atom. The van der Waals surface area contributed by atoms with Crippen LogP contribution in [0.15, 0.2) is 0 Å². The molecule has 0 rings (SSSR count). The van der Waals surface area contributed by atoms with E-state index in [4.69, 9.17) is 0 Å². The lowest BCUT2D eigenvalue weighted by Gasteiger charge is -2.22. The molecular formula is C10H22F3N3. The molecule has 0 atom stereocenters. The van der Waals surface area contributed by atoms with Gasteiger partial charge in [-0.3, -0.25) is 4.90 Å². The van der Waals surface area contributed by atoms with Crippen LogP contribution in [0.25, 0.3) is 0 Å². The summed E-state index contributed by atoms with van der Waals surface area (Å²) in [6, 6.07) is 0. The molecule has 0 aromatic carbocycles. The zero-order chi connectivity index (χ0) is 12.6. The standard InChI is InChI=1S/C10H22F3N3/c1-4-16(9-10(11,12)13)8-6-14-5-7-15(2)3/h14H,4-9H2,1-3H3. The number of halogens is 3. The van der Waals surface area contributed by atoms with Crippen LogP contribution in [0.5, 0.6) is 0 Å². The van der Waals surface area contributed by atoms with Crippen molar-refractivity contribution >= 4 is 0 Å². The predicted octanol–water partition coefficient (Wildman–Crippen LogP) is 1.02. The van der Waals surface area contributed by atoms with E-state index in [1.165, 1.54) is 4.90 Å². The van der Waals surface area contributed by atoms with Crippen molar-refractivity contribution in [2.75, 3.05) is 53.4 Å². The molecule has 0 fully saturated rings. The lowest BCUT2D eigenvalue weighted by atomic mass is 10.4. The van der Waals surface area contributed by atoms with Crippen molar-refractivity contribution in [1.82, 2.24) is 15.1 Å². The van der Waals surface area contributed by atoms with Crippen molar-refractivity contribution in [2.24, 2.45) is 0 Å². The Labute approximate surface area is 95.6 Å². The second-order valence-electron chi connectivity index (χ2n) is 4.04. The maximum Gasteiger partial charge on any atom is 0.401 e. The molecule has 0 saturated carbocycles. The number of nitrogens with one attached hydrogen (secondary N) is 1. The van der Waals surface area contributed by atoms with E-state index in [-0.39, 0.29) is 0 Å². The van der Waals surface area contributed by atoms with Crippen LogP contribution in [0.2, 0.25) is 0 Å². The molecule has 0 heterocycles. The first kappa shape index (κ1) is 15.7. The monoisotopic (exact) mass is 241 g/mol. The fourth-order valence-corrected chi connectivity index (χ4v) is 1.27. The summed E-state index contributed by atoms with van der Waals surface area (Å²) in [5.41, 5.74) is 0. The first-order valence-electron chi connectivity index (χ1n) is 5.49. The summed E-state index contributed by atoms with van der Waals surface area (Å²) in [6.07, 6.45) is -4.10. The van der Waals surface area contributed by atoms with Crippen molar-refractivity contribution in [3.8, 4) is 0 Å². The summed E-state index contributed by atoms with van der Waals surface area (Å²) < 4.78 is 36.3. The summed E-state index contributed by atoms with van der Waals surface area (Å²) in [5, 5.41) is 3.12. The van der Waals surface area contributed by atoms with E-state index in [0.29, 0.717) is 19.6 Å². The molecule has 16 heavy (non-hydrogen) atoms. The van der Waals surface area contributed by atoms with Crippen molar-refractivity contribution < 1.29 is 13.2 Å². The minimum absolute atomic E-state index is 0.425. The highest BCUT2D eigenvalue weighted by Crippen LogP contribution is 2.15. The quantitative estimate of drug-likeness (QED) is 0.640. The van der Waals surface area contributed by atoms with Crippen molar-refractivity contribution in [3.05, 3.63) is 0 Å². The van der Waals surface area contributed by atoms with Gasteiger partial charge in [0.2, 0.25) is 0 Å². The van der Waals surface area contributed by atoms with E-state index < -0.39 is 12.7 Å². The van der Waals surface area contributed by atoms with Gasteiger partial charge in [0.05, 0.1) is 6.54 Å². The Hall–Kier alpha value is -0.330. The molecular weight excluding hydrogens is 219 g/mol. The summed E-state index contributed by atoms with van der Waals surface area (Å²) in [5.74, 6) is 0. The number of nitrogens with zero attached hydrogens (tertiary/aromatic N) is 2. The third-order valence-corrected chi connectivity index (χ3v) is 2.19. The maximum atomic E-state index is 12.1. The van der Waals surface area contributed by atoms with Gasteiger partial charge >= 0.3 is 6.18 Å². The molecule has 1 N–H and O–H groups in total. The molecule has 3 nitrogen and oxygen atoms in total. The number of alkyl halides is 3. The van der Waals surface area contributed by atoms with Gasteiger partial charge in [0.1, 0.15) is 0 Å². The van der Waals surface area contributed by atoms with Crippen LogP contribution >= 0.6 is 0 Å². The molecule has 98 valence electrons. The Morgan fingerprint density at radius 2 is 1.62 bits per heavy atom. The maximum absolute atomic E-state index is 12.1. The molecule has 0 saturated heterocycles. The molecule has 0 radical (unpaired) electrons. The number of hydrogen-bond acceptors (Lipinski definition) is 3. The summed E-state index contributed by atoms with van der Waals surface area (Å²) >= 11 is 0. The smallest absolute Gasteiger partial charge is 0.314 e. The van der Waals surface area contributed by atoms with Crippen LogP contribution in [0, 0.1) is 0 Å². The minimum Gasteiger partial charge on any atom is -0.314 e. The molecule has 0 aromatic rings. The zero-order valence-electron chi connectivity index (χ0n) is 10.3. The second kappa shape index (κ2) is 7.86. The third-order valence-electron chi connectivity index (χ3n) is 2.19. The van der Waals surface area contributed by atoms with E-state index in [9.17, 15) is 13.2 Å². The predicted molar refractivity (Wildman–Crippen MR) is 59.6 cm³/mol. The number of rotatable bonds is 8. The van der Waals surface area contributed by atoms with E-state index in [1.54, 1.807) is 6.92 Å². The molecule has 0 aromatic heterocycles. The molecule has 6 heteroatoms. The van der Waals surface area contributed by atoms with Crippen LogP contribution in [0.4, 0.5) is 13.2 Å². The fourth-order valence-electron chi connectivity index (χ4n) is 1.27. The Morgan fingerprint density at radius 1 is 1.06 bits per heavy atom. The fraction of sp³-hybridized carbons (Fsp3) is 1.00. The highest BCUT2D eigenvalue weighted by Gasteiger charge is 2.29. The summed E-state index contributed by atoms with van der Waals surface area (Å²) in [6.45, 7) is 4.07. The van der Waals surface area contributed by atoms with Gasteiger partial charge in [0.15, 0.2) is 0 Å². The molecule has 0 bridgehead atoms. The van der Waals surface area contributed by atoms with Gasteiger partial charge in [-0.2, -0.15) is 13.2 Å². The zero-order valence-corrected chi connectivity index (χ0v) is 10.3. The second-order valence-corrected chi connectivity index (χ2v) is 4.04. The molecule has 0 aliphatic heterocycles. The molecule has 0 amide bonds. The average molecular weight is 241 g/mol. The van der Waals surface area contributed by atoms with Gasteiger partial charge in [0.25, 0.3) is 0 Å². The summed E-state index contributed by atoms with van der Waals surface area (Å²) in [4.78, 5) is 3.42. The highest BCUT2D eigenvalue weighted by molar-refractivity contribution is 4.63. The first-order valence-corrected chi connectivity index (χ1v) is 5.49. The minimum atomic E-state index is -4.10. The van der Waals surface area contributed by atoms with Gasteiger partial charge in [-0.15, -0.1) is 0 Å². The molecule has 0 aliphatic rings. The lowest BCUT2D eigenvalue weighted by Crippen LogP contribution is -2.39. The van der Waals surface area contributed by atoms with Crippen molar-refractivity contribution in [2.45, 2.75) is 13.1 Å². The highest BCUT2D eigenvalue weighted by atomic mass is 19.4. The van der Waals surface area contributed by atoms with E-state index >= 15 is 0 Å². The lowest BCUT2D eigenvalue weighted by molar-refractivity contribution is -0.145. The largest absolute Gasteiger partial charge is 0.401 e. The topological polar surface area (TPSA) is 18.5 Å². The van der Waals surface area contributed by atoms with E-state index in [1.807, 2.05) is 19.0 Å². The third kappa shape index (κ3) is 10.2. The first-order chi connectivity index (χ1) is 7.35. The van der Waals surface area contributed by atoms with Crippen LogP contribution < -0.4 is 5.32 Å². The van der Waals surface area contributed by atoms with Crippen molar-refractivity contribution in [3.63, 3.8) is 0 Å². The van der Waals surface area contributed by atoms with E-state index in [2.05, 4.69) is 5.32 Å². The SMILES string of the molecule is CCN(CCNCCN(C)C)CC(F)(F)F. The van der Waals surface area contributed by atoms with Gasteiger partial charge < -0.3 is 10.2 Å². The number of hydrogen-bond donors (Lipinski definition) is 1. The average Bonchev–Trinajstić information content (AvgIpc) is 2.13. The summed E-state index contributed by atoms with van der Waals surface area (Å²) in [7, 11) is 3.92. The number of likely N-dealkylation sites (N-methyl/N-ethyl adjacent to an activating group) is 2. The Kier molecular flexibility index (Phi) is 7.70. The normalized spacial score (nSPS) is 12.8. The molecule has 0 aliphatic carbocycles. The van der Waals surface area contributed by atoms with Crippen LogP contribution in [-0.4, -0.2) is 69.3 Å². The Balaban J connectivity index is 3.56. The van der Waals surface area contributed by atoms with Gasteiger partial charge in [-0.25, -0.2) is 0 Å². The Bertz CT molecular complexity index is 171.